The van der Waals surface area contributed by atoms with Crippen LogP contribution in [0.15, 0.2) is 35.1 Å². The van der Waals surface area contributed by atoms with Gasteiger partial charge in [0.1, 0.15) is 5.82 Å². The number of aryl methyl sites for hydroxylation is 1. The summed E-state index contributed by atoms with van der Waals surface area (Å²) in [5.41, 5.74) is 1.65. The van der Waals surface area contributed by atoms with Crippen LogP contribution in [0.1, 0.15) is 11.4 Å². The molecule has 96 valence electrons. The van der Waals surface area contributed by atoms with Crippen LogP contribution in [0, 0.1) is 6.92 Å². The van der Waals surface area contributed by atoms with Gasteiger partial charge in [0.25, 0.3) is 5.56 Å². The predicted octanol–water partition coefficient (Wildman–Crippen LogP) is 2.13. The van der Waals surface area contributed by atoms with Crippen molar-refractivity contribution in [1.82, 2.24) is 19.5 Å². The molecule has 6 heteroatoms. The zero-order valence-electron chi connectivity index (χ0n) is 10.2. The van der Waals surface area contributed by atoms with Crippen molar-refractivity contribution in [3.8, 4) is 0 Å². The fourth-order valence-electron chi connectivity index (χ4n) is 2.08. The second-order valence-corrected chi connectivity index (χ2v) is 4.62. The van der Waals surface area contributed by atoms with Gasteiger partial charge in [0.05, 0.1) is 0 Å². The van der Waals surface area contributed by atoms with Crippen molar-refractivity contribution in [2.24, 2.45) is 0 Å². The summed E-state index contributed by atoms with van der Waals surface area (Å²) < 4.78 is 1.84. The normalized spacial score (nSPS) is 11.1. The maximum Gasteiger partial charge on any atom is 0.278 e. The van der Waals surface area contributed by atoms with Crippen molar-refractivity contribution in [1.29, 1.82) is 0 Å². The minimum atomic E-state index is -0.272. The first-order valence-corrected chi connectivity index (χ1v) is 6.19. The third-order valence-corrected chi connectivity index (χ3v) is 3.14. The predicted molar refractivity (Wildman–Crippen MR) is 73.4 cm³/mol. The Hall–Kier alpha value is -2.14. The molecule has 1 N–H and O–H groups in total. The van der Waals surface area contributed by atoms with Crippen LogP contribution in [-0.2, 0) is 6.54 Å². The van der Waals surface area contributed by atoms with E-state index in [1.54, 1.807) is 0 Å². The first kappa shape index (κ1) is 11.9. The van der Waals surface area contributed by atoms with Gasteiger partial charge in [-0.1, -0.05) is 30.3 Å². The lowest BCUT2D eigenvalue weighted by Gasteiger charge is -2.05. The average Bonchev–Trinajstić information content (AvgIpc) is 2.67. The summed E-state index contributed by atoms with van der Waals surface area (Å²) in [7, 11) is 0. The summed E-state index contributed by atoms with van der Waals surface area (Å²) in [6.07, 6.45) is 0. The Labute approximate surface area is 113 Å². The van der Waals surface area contributed by atoms with Gasteiger partial charge < -0.3 is 4.57 Å². The SMILES string of the molecule is Cc1nc2nc(Cl)[nH]c(=O)c2n1Cc1ccccc1. The lowest BCUT2D eigenvalue weighted by atomic mass is 10.2. The van der Waals surface area contributed by atoms with E-state index in [2.05, 4.69) is 15.0 Å². The van der Waals surface area contributed by atoms with Crippen molar-refractivity contribution < 1.29 is 0 Å². The van der Waals surface area contributed by atoms with E-state index in [4.69, 9.17) is 11.6 Å². The van der Waals surface area contributed by atoms with Crippen LogP contribution in [0.5, 0.6) is 0 Å². The Balaban J connectivity index is 2.19. The molecule has 0 bridgehead atoms. The molecule has 0 radical (unpaired) electrons. The van der Waals surface area contributed by atoms with Crippen LogP contribution < -0.4 is 5.56 Å². The van der Waals surface area contributed by atoms with Crippen LogP contribution in [-0.4, -0.2) is 19.5 Å². The number of imidazole rings is 1. The lowest BCUT2D eigenvalue weighted by molar-refractivity contribution is 0.782. The molecule has 3 aromatic rings. The number of nitrogens with one attached hydrogen (secondary N) is 1. The minimum Gasteiger partial charge on any atom is -0.318 e. The van der Waals surface area contributed by atoms with Crippen molar-refractivity contribution >= 4 is 22.8 Å². The number of aromatic amines is 1. The van der Waals surface area contributed by atoms with Gasteiger partial charge in [0.15, 0.2) is 11.2 Å². The summed E-state index contributed by atoms with van der Waals surface area (Å²) in [5.74, 6) is 0.735. The first-order valence-electron chi connectivity index (χ1n) is 5.82. The Morgan fingerprint density at radius 3 is 2.74 bits per heavy atom. The van der Waals surface area contributed by atoms with E-state index in [-0.39, 0.29) is 10.8 Å². The molecule has 2 heterocycles. The fourth-order valence-corrected chi connectivity index (χ4v) is 2.25. The molecule has 1 aromatic carbocycles. The van der Waals surface area contributed by atoms with Gasteiger partial charge in [-0.2, -0.15) is 4.98 Å². The van der Waals surface area contributed by atoms with E-state index < -0.39 is 0 Å². The third-order valence-electron chi connectivity index (χ3n) is 2.96. The van der Waals surface area contributed by atoms with E-state index in [0.717, 1.165) is 11.4 Å². The quantitative estimate of drug-likeness (QED) is 0.728. The summed E-state index contributed by atoms with van der Waals surface area (Å²) in [5, 5.41) is 0.0573. The highest BCUT2D eigenvalue weighted by atomic mass is 35.5. The molecule has 5 nitrogen and oxygen atoms in total. The third kappa shape index (κ3) is 2.13. The first-order chi connectivity index (χ1) is 9.15. The molecule has 0 fully saturated rings. The Bertz CT molecular complexity index is 792. The van der Waals surface area contributed by atoms with Crippen LogP contribution in [0.2, 0.25) is 5.28 Å². The largest absolute Gasteiger partial charge is 0.318 e. The van der Waals surface area contributed by atoms with Gasteiger partial charge in [-0.3, -0.25) is 9.78 Å². The molecule has 2 aromatic heterocycles. The number of benzene rings is 1. The van der Waals surface area contributed by atoms with Crippen LogP contribution in [0.3, 0.4) is 0 Å². The van der Waals surface area contributed by atoms with E-state index >= 15 is 0 Å². The van der Waals surface area contributed by atoms with Crippen molar-refractivity contribution in [3.63, 3.8) is 0 Å². The van der Waals surface area contributed by atoms with E-state index in [1.165, 1.54) is 0 Å². The number of nitrogens with zero attached hydrogens (tertiary/aromatic N) is 3. The van der Waals surface area contributed by atoms with E-state index in [9.17, 15) is 4.79 Å². The monoisotopic (exact) mass is 274 g/mol. The van der Waals surface area contributed by atoms with Gasteiger partial charge >= 0.3 is 0 Å². The van der Waals surface area contributed by atoms with Gasteiger partial charge in [-0.05, 0) is 24.1 Å². The van der Waals surface area contributed by atoms with Gasteiger partial charge in [0, 0.05) is 6.54 Å². The second-order valence-electron chi connectivity index (χ2n) is 4.26. The zero-order chi connectivity index (χ0) is 13.4. The van der Waals surface area contributed by atoms with E-state index in [0.29, 0.717) is 17.7 Å². The van der Waals surface area contributed by atoms with Gasteiger partial charge in [-0.15, -0.1) is 0 Å². The molecule has 0 aliphatic carbocycles. The highest BCUT2D eigenvalue weighted by Crippen LogP contribution is 2.13. The fraction of sp³-hybridized carbons (Fsp3) is 0.154. The zero-order valence-corrected chi connectivity index (χ0v) is 11.0. The molecule has 0 aliphatic heterocycles. The summed E-state index contributed by atoms with van der Waals surface area (Å²) >= 11 is 5.73. The maximum absolute atomic E-state index is 12.0. The lowest BCUT2D eigenvalue weighted by Crippen LogP contribution is -2.13. The van der Waals surface area contributed by atoms with E-state index in [1.807, 2.05) is 41.8 Å². The number of rotatable bonds is 2. The molecule has 0 saturated heterocycles. The van der Waals surface area contributed by atoms with Gasteiger partial charge in [0.2, 0.25) is 5.28 Å². The summed E-state index contributed by atoms with van der Waals surface area (Å²) in [6, 6.07) is 9.88. The molecule has 19 heavy (non-hydrogen) atoms. The molecule has 0 saturated carbocycles. The van der Waals surface area contributed by atoms with Crippen LogP contribution in [0.4, 0.5) is 0 Å². The molecule has 0 unspecified atom stereocenters. The van der Waals surface area contributed by atoms with Crippen LogP contribution in [0.25, 0.3) is 11.2 Å². The molecule has 3 rings (SSSR count). The Kier molecular flexibility index (Phi) is 2.83. The number of H-pyrrole nitrogens is 1. The maximum atomic E-state index is 12.0. The highest BCUT2D eigenvalue weighted by Gasteiger charge is 2.13. The van der Waals surface area contributed by atoms with Crippen molar-refractivity contribution in [2.45, 2.75) is 13.5 Å². The molecule has 0 amide bonds. The average molecular weight is 275 g/mol. The Morgan fingerprint density at radius 2 is 2.00 bits per heavy atom. The summed E-state index contributed by atoms with van der Waals surface area (Å²) in [4.78, 5) is 22.8. The minimum absolute atomic E-state index is 0.0573. The number of hydrogen-bond donors (Lipinski definition) is 1. The molecule has 0 aliphatic rings. The number of fused-ring (bicyclic) bond motifs is 1. The Morgan fingerprint density at radius 1 is 1.26 bits per heavy atom. The van der Waals surface area contributed by atoms with Gasteiger partial charge in [-0.25, -0.2) is 4.98 Å². The summed E-state index contributed by atoms with van der Waals surface area (Å²) in [6.45, 7) is 2.42. The molecule has 0 spiro atoms. The second kappa shape index (κ2) is 4.51. The number of hydrogen-bond acceptors (Lipinski definition) is 3. The van der Waals surface area contributed by atoms with Crippen molar-refractivity contribution in [3.05, 3.63) is 57.4 Å². The van der Waals surface area contributed by atoms with Crippen LogP contribution >= 0.6 is 11.6 Å². The topological polar surface area (TPSA) is 63.6 Å². The standard InChI is InChI=1S/C13H11ClN4O/c1-8-15-11-10(12(19)17-13(14)16-11)18(8)7-9-5-3-2-4-6-9/h2-6H,7H2,1H3,(H,16,17,19). The molecular weight excluding hydrogens is 264 g/mol. The molecule has 0 atom stereocenters. The smallest absolute Gasteiger partial charge is 0.278 e. The van der Waals surface area contributed by atoms with Crippen molar-refractivity contribution in [2.75, 3.05) is 0 Å². The number of halogens is 1. The highest BCUT2D eigenvalue weighted by molar-refractivity contribution is 6.28. The molecular formula is C13H11ClN4O. The number of aromatic nitrogens is 4.